The molecule has 0 radical (unpaired) electrons. The van der Waals surface area contributed by atoms with E-state index in [-0.39, 0.29) is 6.61 Å². The van der Waals surface area contributed by atoms with Gasteiger partial charge in [0.05, 0.1) is 28.0 Å². The lowest BCUT2D eigenvalue weighted by atomic mass is 10.2. The first-order valence-electron chi connectivity index (χ1n) is 7.01. The van der Waals surface area contributed by atoms with Crippen LogP contribution in [-0.2, 0) is 11.3 Å². The van der Waals surface area contributed by atoms with Crippen LogP contribution in [0.3, 0.4) is 0 Å². The molecular formula is C16H17Cl2N3O2. The van der Waals surface area contributed by atoms with Crippen molar-refractivity contribution in [2.75, 3.05) is 16.9 Å². The minimum Gasteiger partial charge on any atom is -0.449 e. The molecule has 2 aromatic carbocycles. The zero-order valence-electron chi connectivity index (χ0n) is 12.6. The van der Waals surface area contributed by atoms with Crippen LogP contribution in [0, 0.1) is 0 Å². The van der Waals surface area contributed by atoms with E-state index in [1.165, 1.54) is 0 Å². The minimum absolute atomic E-state index is 0.273. The number of rotatable bonds is 5. The lowest BCUT2D eigenvalue weighted by molar-refractivity contribution is 0.160. The molecule has 0 heterocycles. The van der Waals surface area contributed by atoms with Gasteiger partial charge in [-0.3, -0.25) is 0 Å². The van der Waals surface area contributed by atoms with Crippen molar-refractivity contribution in [2.24, 2.45) is 5.84 Å². The fraction of sp³-hybridized carbons (Fsp3) is 0.188. The standard InChI is InChI=1S/C16H17Cl2N3O2/c1-2-23-16(22)21(19)12-8-6-11(7-9-12)10-20-14-5-3-4-13(17)15(14)18/h3-9,20H,2,10,19H2,1H3. The molecule has 3 N–H and O–H groups in total. The third-order valence-corrected chi connectivity index (χ3v) is 3.93. The normalized spacial score (nSPS) is 10.3. The van der Waals surface area contributed by atoms with Gasteiger partial charge >= 0.3 is 6.09 Å². The van der Waals surface area contributed by atoms with E-state index in [0.29, 0.717) is 22.3 Å². The number of carbonyl (C=O) groups excluding carboxylic acids is 1. The first kappa shape index (κ1) is 17.4. The van der Waals surface area contributed by atoms with Crippen LogP contribution in [-0.4, -0.2) is 12.7 Å². The Kier molecular flexibility index (Phi) is 6.10. The van der Waals surface area contributed by atoms with Crippen LogP contribution in [0.5, 0.6) is 0 Å². The van der Waals surface area contributed by atoms with Crippen molar-refractivity contribution >= 4 is 40.7 Å². The number of carbonyl (C=O) groups is 1. The minimum atomic E-state index is -0.593. The first-order chi connectivity index (χ1) is 11.0. The topological polar surface area (TPSA) is 67.6 Å². The molecule has 1 amide bonds. The zero-order chi connectivity index (χ0) is 16.8. The van der Waals surface area contributed by atoms with E-state index in [1.54, 1.807) is 25.1 Å². The molecule has 0 aliphatic heterocycles. The second-order valence-electron chi connectivity index (χ2n) is 4.69. The molecule has 23 heavy (non-hydrogen) atoms. The Morgan fingerprint density at radius 1 is 1.22 bits per heavy atom. The molecule has 2 rings (SSSR count). The Labute approximate surface area is 144 Å². The van der Waals surface area contributed by atoms with Crippen LogP contribution in [0.15, 0.2) is 42.5 Å². The van der Waals surface area contributed by atoms with Crippen molar-refractivity contribution in [3.05, 3.63) is 58.1 Å². The third kappa shape index (κ3) is 4.51. The lowest BCUT2D eigenvalue weighted by Gasteiger charge is -2.16. The number of hydrogen-bond acceptors (Lipinski definition) is 4. The van der Waals surface area contributed by atoms with E-state index in [9.17, 15) is 4.79 Å². The van der Waals surface area contributed by atoms with Crippen LogP contribution < -0.4 is 16.2 Å². The van der Waals surface area contributed by atoms with Crippen molar-refractivity contribution in [1.29, 1.82) is 0 Å². The summed E-state index contributed by atoms with van der Waals surface area (Å²) in [4.78, 5) is 11.5. The van der Waals surface area contributed by atoms with Gasteiger partial charge < -0.3 is 10.1 Å². The van der Waals surface area contributed by atoms with E-state index < -0.39 is 6.09 Å². The number of nitrogens with one attached hydrogen (secondary N) is 1. The van der Waals surface area contributed by atoms with Gasteiger partial charge in [0.2, 0.25) is 0 Å². The maximum atomic E-state index is 11.5. The largest absolute Gasteiger partial charge is 0.449 e. The van der Waals surface area contributed by atoms with Gasteiger partial charge in [0.15, 0.2) is 0 Å². The van der Waals surface area contributed by atoms with Crippen molar-refractivity contribution in [3.63, 3.8) is 0 Å². The number of ether oxygens (including phenoxy) is 1. The fourth-order valence-electron chi connectivity index (χ4n) is 1.91. The van der Waals surface area contributed by atoms with Crippen molar-refractivity contribution < 1.29 is 9.53 Å². The molecule has 0 saturated heterocycles. The van der Waals surface area contributed by atoms with E-state index >= 15 is 0 Å². The molecule has 0 bridgehead atoms. The SMILES string of the molecule is CCOC(=O)N(N)c1ccc(CNc2cccc(Cl)c2Cl)cc1. The summed E-state index contributed by atoms with van der Waals surface area (Å²) >= 11 is 12.1. The molecule has 0 aliphatic rings. The Morgan fingerprint density at radius 2 is 1.91 bits per heavy atom. The maximum Gasteiger partial charge on any atom is 0.428 e. The number of hydrazine groups is 1. The van der Waals surface area contributed by atoms with Gasteiger partial charge in [0, 0.05) is 6.54 Å². The van der Waals surface area contributed by atoms with Gasteiger partial charge in [0.25, 0.3) is 0 Å². The van der Waals surface area contributed by atoms with Crippen LogP contribution in [0.1, 0.15) is 12.5 Å². The molecule has 5 nitrogen and oxygen atoms in total. The quantitative estimate of drug-likeness (QED) is 0.473. The summed E-state index contributed by atoms with van der Waals surface area (Å²) in [5.74, 6) is 5.69. The smallest absolute Gasteiger partial charge is 0.428 e. The van der Waals surface area contributed by atoms with Crippen LogP contribution in [0.4, 0.5) is 16.2 Å². The zero-order valence-corrected chi connectivity index (χ0v) is 14.1. The first-order valence-corrected chi connectivity index (χ1v) is 7.77. The number of benzene rings is 2. The van der Waals surface area contributed by atoms with E-state index in [1.807, 2.05) is 24.3 Å². The van der Waals surface area contributed by atoms with Crippen LogP contribution in [0.25, 0.3) is 0 Å². The molecule has 122 valence electrons. The van der Waals surface area contributed by atoms with E-state index in [2.05, 4.69) is 5.32 Å². The molecule has 0 aromatic heterocycles. The molecule has 0 unspecified atom stereocenters. The number of anilines is 2. The summed E-state index contributed by atoms with van der Waals surface area (Å²) in [6.07, 6.45) is -0.593. The Morgan fingerprint density at radius 3 is 2.57 bits per heavy atom. The number of hydrogen-bond donors (Lipinski definition) is 2. The molecule has 0 atom stereocenters. The highest BCUT2D eigenvalue weighted by atomic mass is 35.5. The Balaban J connectivity index is 2.00. The average Bonchev–Trinajstić information content (AvgIpc) is 2.56. The van der Waals surface area contributed by atoms with Gasteiger partial charge in [-0.2, -0.15) is 0 Å². The molecule has 7 heteroatoms. The molecule has 0 spiro atoms. The summed E-state index contributed by atoms with van der Waals surface area (Å²) in [5, 5.41) is 5.16. The fourth-order valence-corrected chi connectivity index (χ4v) is 2.28. The van der Waals surface area contributed by atoms with Crippen LogP contribution >= 0.6 is 23.2 Å². The van der Waals surface area contributed by atoms with Gasteiger partial charge in [-0.1, -0.05) is 41.4 Å². The van der Waals surface area contributed by atoms with Gasteiger partial charge in [-0.25, -0.2) is 15.6 Å². The highest BCUT2D eigenvalue weighted by molar-refractivity contribution is 6.43. The summed E-state index contributed by atoms with van der Waals surface area (Å²) in [6.45, 7) is 2.56. The lowest BCUT2D eigenvalue weighted by Crippen LogP contribution is -2.37. The summed E-state index contributed by atoms with van der Waals surface area (Å²) in [5.41, 5.74) is 2.31. The van der Waals surface area contributed by atoms with Gasteiger partial charge in [-0.15, -0.1) is 0 Å². The van der Waals surface area contributed by atoms with E-state index in [4.69, 9.17) is 33.8 Å². The van der Waals surface area contributed by atoms with Crippen LogP contribution in [0.2, 0.25) is 10.0 Å². The summed E-state index contributed by atoms with van der Waals surface area (Å²) in [6, 6.07) is 12.6. The predicted molar refractivity (Wildman–Crippen MR) is 93.9 cm³/mol. The molecule has 0 aliphatic carbocycles. The summed E-state index contributed by atoms with van der Waals surface area (Å²) < 4.78 is 4.84. The van der Waals surface area contributed by atoms with Crippen molar-refractivity contribution in [2.45, 2.75) is 13.5 Å². The third-order valence-electron chi connectivity index (χ3n) is 3.11. The van der Waals surface area contributed by atoms with Gasteiger partial charge in [-0.05, 0) is 36.8 Å². The number of nitrogens with zero attached hydrogens (tertiary/aromatic N) is 1. The highest BCUT2D eigenvalue weighted by Gasteiger charge is 2.12. The second-order valence-corrected chi connectivity index (χ2v) is 5.48. The summed E-state index contributed by atoms with van der Waals surface area (Å²) in [7, 11) is 0. The molecule has 2 aromatic rings. The molecule has 0 fully saturated rings. The molecule has 0 saturated carbocycles. The van der Waals surface area contributed by atoms with Crippen molar-refractivity contribution in [1.82, 2.24) is 0 Å². The number of amides is 1. The van der Waals surface area contributed by atoms with Gasteiger partial charge in [0.1, 0.15) is 0 Å². The predicted octanol–water partition coefficient (Wildman–Crippen LogP) is 4.44. The monoisotopic (exact) mass is 353 g/mol. The highest BCUT2D eigenvalue weighted by Crippen LogP contribution is 2.29. The average molecular weight is 354 g/mol. The number of halogens is 2. The van der Waals surface area contributed by atoms with Crippen molar-refractivity contribution in [3.8, 4) is 0 Å². The number of nitrogens with two attached hydrogens (primary N) is 1. The Hall–Kier alpha value is -1.95. The van der Waals surface area contributed by atoms with E-state index in [0.717, 1.165) is 16.3 Å². The maximum absolute atomic E-state index is 11.5. The molecular weight excluding hydrogens is 337 g/mol. The Bertz CT molecular complexity index is 678. The second kappa shape index (κ2) is 8.06.